The zero-order chi connectivity index (χ0) is 12.5. The van der Waals surface area contributed by atoms with Gasteiger partial charge in [0, 0.05) is 5.56 Å². The first kappa shape index (κ1) is 11.2. The third kappa shape index (κ3) is 2.07. The quantitative estimate of drug-likeness (QED) is 0.658. The Morgan fingerprint density at radius 3 is 2.33 bits per heavy atom. The molecule has 0 amide bonds. The molecular weight excluding hydrogens is 222 g/mol. The Bertz CT molecular complexity index is 559. The average molecular weight is 237 g/mol. The molecule has 2 aromatic carbocycles. The van der Waals surface area contributed by atoms with Gasteiger partial charge in [0.25, 0.3) is 0 Å². The van der Waals surface area contributed by atoms with Gasteiger partial charge in [0.1, 0.15) is 0 Å². The predicted octanol–water partition coefficient (Wildman–Crippen LogP) is 2.89. The van der Waals surface area contributed by atoms with Gasteiger partial charge in [-0.1, -0.05) is 60.2 Å². The molecule has 90 valence electrons. The Morgan fingerprint density at radius 2 is 1.67 bits per heavy atom. The number of aryl methyl sites for hydroxylation is 1. The van der Waals surface area contributed by atoms with E-state index < -0.39 is 0 Å². The molecule has 0 aromatic heterocycles. The maximum absolute atomic E-state index is 12.2. The van der Waals surface area contributed by atoms with E-state index in [1.807, 2.05) is 30.3 Å². The Labute approximate surface area is 107 Å². The highest BCUT2D eigenvalue weighted by molar-refractivity contribution is 6.02. The monoisotopic (exact) mass is 237 g/mol. The molecule has 1 aliphatic rings. The second-order valence-corrected chi connectivity index (χ2v) is 4.76. The van der Waals surface area contributed by atoms with Crippen molar-refractivity contribution < 1.29 is 4.79 Å². The Hall–Kier alpha value is -1.93. The standard InChI is InChI=1S/C16H15NO/c1-11-7-9-12(10-8-11)14-15(17-14)16(18)13-5-3-2-4-6-13/h2-10,14-15,17H,1H3/t14-,15-/m1/s1. The summed E-state index contributed by atoms with van der Waals surface area (Å²) < 4.78 is 0. The minimum atomic E-state index is -0.0601. The first-order valence-corrected chi connectivity index (χ1v) is 6.17. The molecule has 1 aliphatic heterocycles. The van der Waals surface area contributed by atoms with E-state index in [4.69, 9.17) is 0 Å². The molecule has 1 fully saturated rings. The van der Waals surface area contributed by atoms with Gasteiger partial charge in [-0.25, -0.2) is 0 Å². The van der Waals surface area contributed by atoms with E-state index >= 15 is 0 Å². The first-order chi connectivity index (χ1) is 8.75. The second kappa shape index (κ2) is 4.39. The van der Waals surface area contributed by atoms with Crippen molar-refractivity contribution in [3.63, 3.8) is 0 Å². The molecule has 3 rings (SSSR count). The molecule has 1 heterocycles. The van der Waals surface area contributed by atoms with E-state index in [0.29, 0.717) is 0 Å². The summed E-state index contributed by atoms with van der Waals surface area (Å²) in [7, 11) is 0. The van der Waals surface area contributed by atoms with Crippen LogP contribution in [0.3, 0.4) is 0 Å². The minimum absolute atomic E-state index is 0.0601. The lowest BCUT2D eigenvalue weighted by Gasteiger charge is -1.99. The van der Waals surface area contributed by atoms with Crippen molar-refractivity contribution >= 4 is 5.78 Å². The first-order valence-electron chi connectivity index (χ1n) is 6.17. The number of hydrogen-bond donors (Lipinski definition) is 1. The van der Waals surface area contributed by atoms with Gasteiger partial charge in [-0.15, -0.1) is 0 Å². The number of nitrogens with one attached hydrogen (secondary N) is 1. The van der Waals surface area contributed by atoms with Crippen LogP contribution in [0.2, 0.25) is 0 Å². The number of benzene rings is 2. The van der Waals surface area contributed by atoms with Crippen LogP contribution in [0, 0.1) is 6.92 Å². The summed E-state index contributed by atoms with van der Waals surface area (Å²) in [5, 5.41) is 3.25. The van der Waals surface area contributed by atoms with E-state index in [-0.39, 0.29) is 17.9 Å². The van der Waals surface area contributed by atoms with Crippen molar-refractivity contribution in [1.82, 2.24) is 5.32 Å². The highest BCUT2D eigenvalue weighted by atomic mass is 16.1. The fourth-order valence-corrected chi connectivity index (χ4v) is 2.21. The van der Waals surface area contributed by atoms with Crippen molar-refractivity contribution in [2.24, 2.45) is 0 Å². The Morgan fingerprint density at radius 1 is 1.00 bits per heavy atom. The molecule has 0 unspecified atom stereocenters. The molecule has 0 bridgehead atoms. The number of ketones is 1. The van der Waals surface area contributed by atoms with Crippen molar-refractivity contribution in [3.05, 3.63) is 71.3 Å². The van der Waals surface area contributed by atoms with Gasteiger partial charge in [-0.2, -0.15) is 0 Å². The smallest absolute Gasteiger partial charge is 0.181 e. The predicted molar refractivity (Wildman–Crippen MR) is 71.6 cm³/mol. The maximum Gasteiger partial charge on any atom is 0.181 e. The largest absolute Gasteiger partial charge is 0.297 e. The molecule has 2 heteroatoms. The van der Waals surface area contributed by atoms with E-state index in [2.05, 4.69) is 36.5 Å². The van der Waals surface area contributed by atoms with Gasteiger partial charge in [-0.05, 0) is 12.5 Å². The summed E-state index contributed by atoms with van der Waals surface area (Å²) in [6, 6.07) is 17.9. The van der Waals surface area contributed by atoms with Crippen LogP contribution < -0.4 is 5.32 Å². The molecule has 0 radical (unpaired) electrons. The number of carbonyl (C=O) groups excluding carboxylic acids is 1. The molecule has 18 heavy (non-hydrogen) atoms. The molecule has 0 saturated carbocycles. The highest BCUT2D eigenvalue weighted by Crippen LogP contribution is 2.32. The van der Waals surface area contributed by atoms with Crippen LogP contribution in [0.5, 0.6) is 0 Å². The van der Waals surface area contributed by atoms with Gasteiger partial charge in [0.05, 0.1) is 12.1 Å². The Kier molecular flexibility index (Phi) is 2.73. The van der Waals surface area contributed by atoms with Gasteiger partial charge < -0.3 is 0 Å². The fourth-order valence-electron chi connectivity index (χ4n) is 2.21. The van der Waals surface area contributed by atoms with E-state index in [0.717, 1.165) is 5.56 Å². The lowest BCUT2D eigenvalue weighted by molar-refractivity contribution is 0.0988. The number of hydrogen-bond acceptors (Lipinski definition) is 2. The Balaban J connectivity index is 1.75. The minimum Gasteiger partial charge on any atom is -0.297 e. The van der Waals surface area contributed by atoms with Crippen LogP contribution in [0.25, 0.3) is 0 Å². The zero-order valence-electron chi connectivity index (χ0n) is 10.3. The molecule has 2 atom stereocenters. The summed E-state index contributed by atoms with van der Waals surface area (Å²) in [4.78, 5) is 12.2. The van der Waals surface area contributed by atoms with Gasteiger partial charge in [-0.3, -0.25) is 10.1 Å². The summed E-state index contributed by atoms with van der Waals surface area (Å²) in [6.45, 7) is 2.07. The summed E-state index contributed by atoms with van der Waals surface area (Å²) in [5.41, 5.74) is 3.21. The third-order valence-electron chi connectivity index (χ3n) is 3.36. The van der Waals surface area contributed by atoms with Crippen molar-refractivity contribution in [2.75, 3.05) is 0 Å². The van der Waals surface area contributed by atoms with Crippen LogP contribution in [0.4, 0.5) is 0 Å². The van der Waals surface area contributed by atoms with E-state index in [9.17, 15) is 4.79 Å². The lowest BCUT2D eigenvalue weighted by atomic mass is 10.0. The topological polar surface area (TPSA) is 39.0 Å². The maximum atomic E-state index is 12.2. The van der Waals surface area contributed by atoms with E-state index in [1.165, 1.54) is 11.1 Å². The summed E-state index contributed by atoms with van der Waals surface area (Å²) >= 11 is 0. The average Bonchev–Trinajstić information content (AvgIpc) is 3.20. The number of rotatable bonds is 3. The molecular formula is C16H15NO. The van der Waals surface area contributed by atoms with Crippen LogP contribution in [0.1, 0.15) is 27.5 Å². The fraction of sp³-hybridized carbons (Fsp3) is 0.188. The van der Waals surface area contributed by atoms with Crippen LogP contribution in [-0.4, -0.2) is 11.8 Å². The molecule has 2 aromatic rings. The molecule has 0 aliphatic carbocycles. The summed E-state index contributed by atoms with van der Waals surface area (Å²) in [6.07, 6.45) is 0. The van der Waals surface area contributed by atoms with Crippen molar-refractivity contribution in [3.8, 4) is 0 Å². The van der Waals surface area contributed by atoms with Crippen LogP contribution in [-0.2, 0) is 0 Å². The molecule has 1 saturated heterocycles. The van der Waals surface area contributed by atoms with Gasteiger partial charge in [0.15, 0.2) is 5.78 Å². The van der Waals surface area contributed by atoms with Crippen LogP contribution in [0.15, 0.2) is 54.6 Å². The lowest BCUT2D eigenvalue weighted by Crippen LogP contribution is -2.09. The van der Waals surface area contributed by atoms with Crippen molar-refractivity contribution in [1.29, 1.82) is 0 Å². The van der Waals surface area contributed by atoms with E-state index in [1.54, 1.807) is 0 Å². The third-order valence-corrected chi connectivity index (χ3v) is 3.36. The molecule has 0 spiro atoms. The highest BCUT2D eigenvalue weighted by Gasteiger charge is 2.43. The zero-order valence-corrected chi connectivity index (χ0v) is 10.3. The normalized spacial score (nSPS) is 21.6. The van der Waals surface area contributed by atoms with Crippen LogP contribution >= 0.6 is 0 Å². The summed E-state index contributed by atoms with van der Waals surface area (Å²) in [5.74, 6) is 0.182. The van der Waals surface area contributed by atoms with Gasteiger partial charge in [0.2, 0.25) is 0 Å². The second-order valence-electron chi connectivity index (χ2n) is 4.76. The number of Topliss-reactive ketones (excluding diaryl/α,β-unsaturated/α-hetero) is 1. The molecule has 2 nitrogen and oxygen atoms in total. The molecule has 1 N–H and O–H groups in total. The van der Waals surface area contributed by atoms with Gasteiger partial charge >= 0.3 is 0 Å². The SMILES string of the molecule is Cc1ccc([C@H]2N[C@H]2C(=O)c2ccccc2)cc1. The number of carbonyl (C=O) groups is 1. The van der Waals surface area contributed by atoms with Crippen molar-refractivity contribution in [2.45, 2.75) is 19.0 Å².